The standard InChI is InChI=1S/C38H62O11/c1-18(2)21-13-23(43)31-37(8)10-9-20-27(36(37,7)11-12-38(21,31)17-40)22(42)14-26-34(4,5)32(24(47-19(3)41)15-35(20,26)6)49-33-30(46)29(45)28(44)25(16-39)48-33/h9,18,21-33,39-40,42-46H,10-17H2,1-8H3/t21-,22-,23+,24?,25+,26?,27?,28+,29-,30+,31?,32-,33-,35+,36-,37+,38+/m0/s1. The first-order valence-electron chi connectivity index (χ1n) is 18.6. The van der Waals surface area contributed by atoms with Gasteiger partial charge in [-0.3, -0.25) is 4.79 Å². The fraction of sp³-hybridized carbons (Fsp3) is 0.921. The number of esters is 1. The molecule has 11 nitrogen and oxygen atoms in total. The zero-order chi connectivity index (χ0) is 36.2. The molecule has 4 unspecified atom stereocenters. The third-order valence-electron chi connectivity index (χ3n) is 15.5. The van der Waals surface area contributed by atoms with Crippen LogP contribution < -0.4 is 0 Å². The molecule has 0 aromatic rings. The van der Waals surface area contributed by atoms with Crippen molar-refractivity contribution in [2.24, 2.45) is 56.7 Å². The topological polar surface area (TPSA) is 186 Å². The largest absolute Gasteiger partial charge is 0.460 e. The van der Waals surface area contributed by atoms with Gasteiger partial charge in [-0.05, 0) is 83.9 Å². The van der Waals surface area contributed by atoms with Crippen LogP contribution in [0.1, 0.15) is 93.9 Å². The molecule has 5 aliphatic carbocycles. The summed E-state index contributed by atoms with van der Waals surface area (Å²) >= 11 is 0. The molecule has 6 rings (SSSR count). The van der Waals surface area contributed by atoms with Gasteiger partial charge in [0.1, 0.15) is 36.6 Å². The second-order valence-corrected chi connectivity index (χ2v) is 18.4. The fourth-order valence-electron chi connectivity index (χ4n) is 13.2. The molecule has 0 spiro atoms. The Bertz CT molecular complexity index is 1300. The molecule has 1 saturated heterocycles. The summed E-state index contributed by atoms with van der Waals surface area (Å²) in [7, 11) is 0. The maximum Gasteiger partial charge on any atom is 0.302 e. The van der Waals surface area contributed by atoms with Crippen LogP contribution in [0.15, 0.2) is 11.6 Å². The van der Waals surface area contributed by atoms with Crippen molar-refractivity contribution in [3.63, 3.8) is 0 Å². The molecule has 7 N–H and O–H groups in total. The van der Waals surface area contributed by atoms with Crippen molar-refractivity contribution in [1.82, 2.24) is 0 Å². The van der Waals surface area contributed by atoms with Crippen molar-refractivity contribution in [1.29, 1.82) is 0 Å². The average Bonchev–Trinajstić information content (AvgIpc) is 3.34. The first kappa shape index (κ1) is 37.6. The zero-order valence-electron chi connectivity index (χ0n) is 30.6. The van der Waals surface area contributed by atoms with Gasteiger partial charge in [0.05, 0.1) is 18.8 Å². The molecule has 1 heterocycles. The van der Waals surface area contributed by atoms with E-state index in [-0.39, 0.29) is 46.5 Å². The molecule has 0 aromatic carbocycles. The lowest BCUT2D eigenvalue weighted by Crippen LogP contribution is -2.69. The van der Waals surface area contributed by atoms with E-state index < -0.39 is 78.5 Å². The van der Waals surface area contributed by atoms with E-state index in [1.54, 1.807) is 0 Å². The minimum atomic E-state index is -1.62. The van der Waals surface area contributed by atoms with Gasteiger partial charge in [-0.15, -0.1) is 0 Å². The third-order valence-corrected chi connectivity index (χ3v) is 15.5. The summed E-state index contributed by atoms with van der Waals surface area (Å²) in [5.41, 5.74) is -1.22. The molecular formula is C38H62O11. The van der Waals surface area contributed by atoms with Gasteiger partial charge >= 0.3 is 5.97 Å². The average molecular weight is 695 g/mol. The Morgan fingerprint density at radius 1 is 0.939 bits per heavy atom. The van der Waals surface area contributed by atoms with Crippen molar-refractivity contribution in [3.8, 4) is 0 Å². The molecule has 49 heavy (non-hydrogen) atoms. The van der Waals surface area contributed by atoms with Crippen LogP contribution in [0, 0.1) is 56.7 Å². The van der Waals surface area contributed by atoms with Crippen LogP contribution in [-0.2, 0) is 19.0 Å². The highest BCUT2D eigenvalue weighted by Crippen LogP contribution is 2.76. The molecule has 17 atom stereocenters. The first-order valence-corrected chi connectivity index (χ1v) is 18.6. The Labute approximate surface area is 291 Å². The lowest BCUT2D eigenvalue weighted by molar-refractivity contribution is -0.337. The van der Waals surface area contributed by atoms with E-state index in [0.29, 0.717) is 31.6 Å². The predicted molar refractivity (Wildman–Crippen MR) is 178 cm³/mol. The van der Waals surface area contributed by atoms with E-state index in [4.69, 9.17) is 14.2 Å². The molecule has 6 aliphatic rings. The number of aliphatic hydroxyl groups excluding tert-OH is 7. The maximum absolute atomic E-state index is 12.6. The molecular weight excluding hydrogens is 632 g/mol. The number of hydrogen-bond donors (Lipinski definition) is 7. The van der Waals surface area contributed by atoms with E-state index >= 15 is 0 Å². The first-order chi connectivity index (χ1) is 22.7. The van der Waals surface area contributed by atoms with Crippen LogP contribution in [-0.4, -0.2) is 110 Å². The summed E-state index contributed by atoms with van der Waals surface area (Å²) < 4.78 is 18.2. The van der Waals surface area contributed by atoms with Crippen LogP contribution >= 0.6 is 0 Å². The Morgan fingerprint density at radius 3 is 2.20 bits per heavy atom. The Hall–Kier alpha value is -1.15. The van der Waals surface area contributed by atoms with Crippen LogP contribution in [0.5, 0.6) is 0 Å². The lowest BCUT2D eigenvalue weighted by Gasteiger charge is -2.70. The zero-order valence-corrected chi connectivity index (χ0v) is 30.6. The van der Waals surface area contributed by atoms with Crippen LogP contribution in [0.3, 0.4) is 0 Å². The summed E-state index contributed by atoms with van der Waals surface area (Å²) in [6.45, 7) is 16.0. The van der Waals surface area contributed by atoms with Gasteiger partial charge in [0.2, 0.25) is 0 Å². The molecule has 0 bridgehead atoms. The molecule has 0 aromatic heterocycles. The van der Waals surface area contributed by atoms with Gasteiger partial charge in [-0.25, -0.2) is 0 Å². The summed E-state index contributed by atoms with van der Waals surface area (Å²) in [6.07, 6.45) is -4.03. The Kier molecular flexibility index (Phi) is 9.57. The minimum Gasteiger partial charge on any atom is -0.460 e. The Morgan fingerprint density at radius 2 is 1.61 bits per heavy atom. The molecule has 4 saturated carbocycles. The second-order valence-electron chi connectivity index (χ2n) is 18.4. The summed E-state index contributed by atoms with van der Waals surface area (Å²) in [5, 5.41) is 76.6. The van der Waals surface area contributed by atoms with Gasteiger partial charge in [0.15, 0.2) is 6.29 Å². The number of aliphatic hydroxyl groups is 7. The lowest BCUT2D eigenvalue weighted by atomic mass is 9.35. The monoisotopic (exact) mass is 694 g/mol. The van der Waals surface area contributed by atoms with Crippen molar-refractivity contribution in [3.05, 3.63) is 11.6 Å². The number of rotatable bonds is 6. The van der Waals surface area contributed by atoms with E-state index in [9.17, 15) is 40.5 Å². The number of fused-ring (bicyclic) bond motifs is 7. The molecule has 11 heteroatoms. The number of ether oxygens (including phenoxy) is 3. The van der Waals surface area contributed by atoms with Crippen molar-refractivity contribution in [2.45, 2.75) is 149 Å². The van der Waals surface area contributed by atoms with Crippen molar-refractivity contribution < 1.29 is 54.8 Å². The normalized spacial score (nSPS) is 53.6. The summed E-state index contributed by atoms with van der Waals surface area (Å²) in [4.78, 5) is 12.6. The van der Waals surface area contributed by atoms with E-state index in [1.165, 1.54) is 6.92 Å². The molecule has 0 amide bonds. The second kappa shape index (κ2) is 12.5. The van der Waals surface area contributed by atoms with E-state index in [0.717, 1.165) is 18.4 Å². The van der Waals surface area contributed by atoms with Gasteiger partial charge in [-0.2, -0.15) is 0 Å². The van der Waals surface area contributed by atoms with Crippen LogP contribution in [0.2, 0.25) is 0 Å². The van der Waals surface area contributed by atoms with Gasteiger partial charge in [0, 0.05) is 24.9 Å². The Balaban J connectivity index is 1.39. The predicted octanol–water partition coefficient (Wildman–Crippen LogP) is 2.30. The fourth-order valence-corrected chi connectivity index (χ4v) is 13.2. The number of allylic oxidation sites excluding steroid dienone is 1. The maximum atomic E-state index is 12.6. The highest BCUT2D eigenvalue weighted by atomic mass is 16.7. The SMILES string of the molecule is CC(=O)OC1C[C@]2(C)C3=CC[C@]4(C)C5[C@H](O)C[C@@H](C(C)C)[C@]5(CO)CC[C@@]4(C)C3[C@@H](O)CC2C(C)(C)[C@H]1O[C@@H]1O[C@H](CO)[C@@H](O)[C@H](O)[C@H]1O. The highest BCUT2D eigenvalue weighted by molar-refractivity contribution is 5.66. The highest BCUT2D eigenvalue weighted by Gasteiger charge is 2.73. The quantitative estimate of drug-likeness (QED) is 0.123. The van der Waals surface area contributed by atoms with Gasteiger partial charge in [0.25, 0.3) is 0 Å². The number of carbonyl (C=O) groups is 1. The molecule has 0 radical (unpaired) electrons. The molecule has 280 valence electrons. The van der Waals surface area contributed by atoms with Gasteiger partial charge < -0.3 is 50.0 Å². The van der Waals surface area contributed by atoms with E-state index in [1.807, 2.05) is 13.8 Å². The molecule has 1 aliphatic heterocycles. The van der Waals surface area contributed by atoms with Crippen molar-refractivity contribution in [2.75, 3.05) is 13.2 Å². The number of carbonyl (C=O) groups excluding carboxylic acids is 1. The van der Waals surface area contributed by atoms with Crippen molar-refractivity contribution >= 4 is 5.97 Å². The number of hydrogen-bond acceptors (Lipinski definition) is 11. The molecule has 5 fully saturated rings. The summed E-state index contributed by atoms with van der Waals surface area (Å²) in [6, 6.07) is 0. The minimum absolute atomic E-state index is 0.0426. The van der Waals surface area contributed by atoms with E-state index in [2.05, 4.69) is 40.7 Å². The van der Waals surface area contributed by atoms with Gasteiger partial charge in [-0.1, -0.05) is 60.1 Å². The van der Waals surface area contributed by atoms with Crippen LogP contribution in [0.4, 0.5) is 0 Å². The van der Waals surface area contributed by atoms with Crippen LogP contribution in [0.25, 0.3) is 0 Å². The smallest absolute Gasteiger partial charge is 0.302 e. The summed E-state index contributed by atoms with van der Waals surface area (Å²) in [5.74, 6) is -0.403. The third kappa shape index (κ3) is 5.18.